The lowest BCUT2D eigenvalue weighted by Crippen LogP contribution is -2.25. The van der Waals surface area contributed by atoms with Crippen molar-refractivity contribution in [2.45, 2.75) is 12.8 Å². The standard InChI is InChI=1S/C8H10N4/c9-3-1-2-6-12(7-4-10)8-5-11/h1-2,6-8H2. The minimum atomic E-state index is 0.263. The molecule has 0 spiro atoms. The van der Waals surface area contributed by atoms with E-state index in [4.69, 9.17) is 15.8 Å². The zero-order chi connectivity index (χ0) is 9.23. The van der Waals surface area contributed by atoms with Crippen molar-refractivity contribution in [3.63, 3.8) is 0 Å². The van der Waals surface area contributed by atoms with E-state index in [0.29, 0.717) is 13.0 Å². The van der Waals surface area contributed by atoms with Crippen molar-refractivity contribution in [1.82, 2.24) is 4.90 Å². The Balaban J connectivity index is 3.60. The largest absolute Gasteiger partial charge is 0.277 e. The fourth-order valence-corrected chi connectivity index (χ4v) is 0.796. The van der Waals surface area contributed by atoms with Crippen LogP contribution in [0.1, 0.15) is 12.8 Å². The van der Waals surface area contributed by atoms with Crippen LogP contribution in [-0.4, -0.2) is 24.5 Å². The molecule has 0 N–H and O–H groups in total. The van der Waals surface area contributed by atoms with Crippen molar-refractivity contribution in [2.75, 3.05) is 19.6 Å². The van der Waals surface area contributed by atoms with E-state index >= 15 is 0 Å². The Morgan fingerprint density at radius 2 is 1.50 bits per heavy atom. The third kappa shape index (κ3) is 5.23. The highest BCUT2D eigenvalue weighted by atomic mass is 15.1. The lowest BCUT2D eigenvalue weighted by atomic mass is 10.3. The predicted molar refractivity (Wildman–Crippen MR) is 42.5 cm³/mol. The van der Waals surface area contributed by atoms with Crippen LogP contribution in [0, 0.1) is 34.0 Å². The van der Waals surface area contributed by atoms with Gasteiger partial charge in [-0.15, -0.1) is 0 Å². The van der Waals surface area contributed by atoms with E-state index in [2.05, 4.69) is 0 Å². The first-order valence-electron chi connectivity index (χ1n) is 3.68. The number of nitrogens with zero attached hydrogens (tertiary/aromatic N) is 4. The molecule has 0 heterocycles. The van der Waals surface area contributed by atoms with Gasteiger partial charge in [0, 0.05) is 13.0 Å². The summed E-state index contributed by atoms with van der Waals surface area (Å²) in [6.45, 7) is 1.17. The van der Waals surface area contributed by atoms with Gasteiger partial charge in [-0.05, 0) is 6.42 Å². The van der Waals surface area contributed by atoms with Crippen LogP contribution in [0.2, 0.25) is 0 Å². The number of hydrogen-bond donors (Lipinski definition) is 0. The van der Waals surface area contributed by atoms with Gasteiger partial charge >= 0.3 is 0 Å². The molecule has 0 saturated carbocycles. The molecule has 0 aromatic heterocycles. The highest BCUT2D eigenvalue weighted by Crippen LogP contribution is 1.92. The van der Waals surface area contributed by atoms with Gasteiger partial charge in [0.2, 0.25) is 0 Å². The molecule has 4 nitrogen and oxygen atoms in total. The molecule has 0 saturated heterocycles. The molecule has 0 aliphatic rings. The minimum Gasteiger partial charge on any atom is -0.277 e. The van der Waals surface area contributed by atoms with Crippen LogP contribution in [-0.2, 0) is 0 Å². The lowest BCUT2D eigenvalue weighted by Gasteiger charge is -2.12. The van der Waals surface area contributed by atoms with Gasteiger partial charge < -0.3 is 0 Å². The van der Waals surface area contributed by atoms with Gasteiger partial charge in [-0.2, -0.15) is 15.8 Å². The van der Waals surface area contributed by atoms with Gasteiger partial charge in [0.05, 0.1) is 31.3 Å². The highest BCUT2D eigenvalue weighted by molar-refractivity contribution is 4.84. The van der Waals surface area contributed by atoms with Crippen molar-refractivity contribution in [1.29, 1.82) is 15.8 Å². The molecular formula is C8H10N4. The molecule has 0 aliphatic heterocycles. The van der Waals surface area contributed by atoms with E-state index in [1.54, 1.807) is 4.90 Å². The van der Waals surface area contributed by atoms with Gasteiger partial charge in [-0.1, -0.05) is 0 Å². The zero-order valence-corrected chi connectivity index (χ0v) is 6.82. The van der Waals surface area contributed by atoms with Crippen LogP contribution in [0.5, 0.6) is 0 Å². The summed E-state index contributed by atoms with van der Waals surface area (Å²) in [7, 11) is 0. The molecule has 0 amide bonds. The summed E-state index contributed by atoms with van der Waals surface area (Å²) in [4.78, 5) is 1.72. The molecule has 62 valence electrons. The summed E-state index contributed by atoms with van der Waals surface area (Å²) in [6, 6.07) is 5.96. The maximum atomic E-state index is 8.35. The van der Waals surface area contributed by atoms with Crippen LogP contribution in [0.4, 0.5) is 0 Å². The van der Waals surface area contributed by atoms with E-state index in [-0.39, 0.29) is 13.1 Å². The predicted octanol–water partition coefficient (Wildman–Crippen LogP) is 0.639. The molecule has 0 aliphatic carbocycles. The third-order valence-corrected chi connectivity index (χ3v) is 1.35. The maximum absolute atomic E-state index is 8.35. The Hall–Kier alpha value is -1.57. The van der Waals surface area contributed by atoms with Crippen LogP contribution < -0.4 is 0 Å². The van der Waals surface area contributed by atoms with E-state index in [9.17, 15) is 0 Å². The van der Waals surface area contributed by atoms with E-state index in [1.807, 2.05) is 18.2 Å². The smallest absolute Gasteiger partial charge is 0.0874 e. The number of unbranched alkanes of at least 4 members (excludes halogenated alkanes) is 1. The Morgan fingerprint density at radius 3 is 1.92 bits per heavy atom. The van der Waals surface area contributed by atoms with Gasteiger partial charge in [0.25, 0.3) is 0 Å². The molecule has 0 fully saturated rings. The van der Waals surface area contributed by atoms with Gasteiger partial charge in [-0.25, -0.2) is 0 Å². The molecule has 0 unspecified atom stereocenters. The molecule has 0 bridgehead atoms. The Labute approximate surface area is 72.2 Å². The van der Waals surface area contributed by atoms with Crippen molar-refractivity contribution in [3.8, 4) is 18.2 Å². The molecule has 0 rings (SSSR count). The SMILES string of the molecule is N#CCCCN(CC#N)CC#N. The van der Waals surface area contributed by atoms with Gasteiger partial charge in [0.15, 0.2) is 0 Å². The average molecular weight is 162 g/mol. The van der Waals surface area contributed by atoms with Crippen LogP contribution >= 0.6 is 0 Å². The second kappa shape index (κ2) is 7.54. The second-order valence-electron chi connectivity index (χ2n) is 2.29. The fraction of sp³-hybridized carbons (Fsp3) is 0.625. The number of nitriles is 3. The monoisotopic (exact) mass is 162 g/mol. The van der Waals surface area contributed by atoms with Gasteiger partial charge in [-0.3, -0.25) is 4.90 Å². The molecule has 4 heteroatoms. The average Bonchev–Trinajstić information content (AvgIpc) is 2.06. The third-order valence-electron chi connectivity index (χ3n) is 1.35. The van der Waals surface area contributed by atoms with E-state index in [0.717, 1.165) is 6.42 Å². The molecule has 0 radical (unpaired) electrons. The second-order valence-corrected chi connectivity index (χ2v) is 2.29. The van der Waals surface area contributed by atoms with Crippen molar-refractivity contribution < 1.29 is 0 Å². The van der Waals surface area contributed by atoms with Crippen LogP contribution in [0.15, 0.2) is 0 Å². The number of rotatable bonds is 5. The summed E-state index contributed by atoms with van der Waals surface area (Å²) < 4.78 is 0. The molecular weight excluding hydrogens is 152 g/mol. The van der Waals surface area contributed by atoms with Crippen LogP contribution in [0.25, 0.3) is 0 Å². The maximum Gasteiger partial charge on any atom is 0.0874 e. The zero-order valence-electron chi connectivity index (χ0n) is 6.82. The molecule has 0 aromatic carbocycles. The first-order valence-corrected chi connectivity index (χ1v) is 3.68. The molecule has 12 heavy (non-hydrogen) atoms. The topological polar surface area (TPSA) is 74.6 Å². The lowest BCUT2D eigenvalue weighted by molar-refractivity contribution is 0.339. The summed E-state index contributed by atoms with van der Waals surface area (Å²) in [5, 5.41) is 24.9. The Morgan fingerprint density at radius 1 is 0.917 bits per heavy atom. The van der Waals surface area contributed by atoms with Crippen molar-refractivity contribution >= 4 is 0 Å². The van der Waals surface area contributed by atoms with Crippen LogP contribution in [0.3, 0.4) is 0 Å². The summed E-state index contributed by atoms with van der Waals surface area (Å²) in [5.41, 5.74) is 0. The molecule has 0 atom stereocenters. The fourth-order valence-electron chi connectivity index (χ4n) is 0.796. The van der Waals surface area contributed by atoms with E-state index < -0.39 is 0 Å². The highest BCUT2D eigenvalue weighted by Gasteiger charge is 2.01. The first-order chi connectivity index (χ1) is 5.85. The molecule has 0 aromatic rings. The van der Waals surface area contributed by atoms with Crippen molar-refractivity contribution in [3.05, 3.63) is 0 Å². The van der Waals surface area contributed by atoms with Crippen molar-refractivity contribution in [2.24, 2.45) is 0 Å². The summed E-state index contributed by atoms with van der Waals surface area (Å²) in [6.07, 6.45) is 1.20. The first kappa shape index (κ1) is 10.4. The minimum absolute atomic E-state index is 0.263. The Bertz CT molecular complexity index is 211. The normalized spacial score (nSPS) is 8.50. The Kier molecular flexibility index (Phi) is 6.55. The van der Waals surface area contributed by atoms with Gasteiger partial charge in [0.1, 0.15) is 0 Å². The van der Waals surface area contributed by atoms with E-state index in [1.165, 1.54) is 0 Å². The quantitative estimate of drug-likeness (QED) is 0.439. The summed E-state index contributed by atoms with van der Waals surface area (Å²) in [5.74, 6) is 0. The number of hydrogen-bond acceptors (Lipinski definition) is 4. The summed E-state index contributed by atoms with van der Waals surface area (Å²) >= 11 is 0.